The standard InChI is InChI=1S/C17H20FN5O2S2/c1-11-6-8-23(9-7-11)14(24)10-26-17-22-21-16(27-17)20-15(25)19-13-4-2-12(18)3-5-13/h2-5,11H,6-10H2,1H3,(H2,19,20,21,25). The number of carbonyl (C=O) groups excluding carboxylic acids is 2. The Hall–Kier alpha value is -2.20. The summed E-state index contributed by atoms with van der Waals surface area (Å²) >= 11 is 2.52. The van der Waals surface area contributed by atoms with Gasteiger partial charge >= 0.3 is 6.03 Å². The molecule has 2 N–H and O–H groups in total. The van der Waals surface area contributed by atoms with Gasteiger partial charge in [-0.25, -0.2) is 9.18 Å². The van der Waals surface area contributed by atoms with Gasteiger partial charge in [0.05, 0.1) is 5.75 Å². The Labute approximate surface area is 164 Å². The molecule has 144 valence electrons. The van der Waals surface area contributed by atoms with Crippen LogP contribution in [0.25, 0.3) is 0 Å². The van der Waals surface area contributed by atoms with Gasteiger partial charge in [0, 0.05) is 18.8 Å². The van der Waals surface area contributed by atoms with Crippen LogP contribution in [0, 0.1) is 11.7 Å². The molecule has 1 aliphatic rings. The van der Waals surface area contributed by atoms with Crippen LogP contribution in [0.5, 0.6) is 0 Å². The SMILES string of the molecule is CC1CCN(C(=O)CSc2nnc(NC(=O)Nc3ccc(F)cc3)s2)CC1. The molecule has 7 nitrogen and oxygen atoms in total. The quantitative estimate of drug-likeness (QED) is 0.581. The predicted molar refractivity (Wildman–Crippen MR) is 105 cm³/mol. The van der Waals surface area contributed by atoms with Crippen LogP contribution in [0.4, 0.5) is 20.0 Å². The molecule has 0 aliphatic carbocycles. The molecule has 3 amide bonds. The zero-order valence-electron chi connectivity index (χ0n) is 14.8. The first-order chi connectivity index (χ1) is 13.0. The summed E-state index contributed by atoms with van der Waals surface area (Å²) in [5, 5.41) is 13.4. The number of hydrogen-bond acceptors (Lipinski definition) is 6. The van der Waals surface area contributed by atoms with Crippen molar-refractivity contribution in [2.24, 2.45) is 5.92 Å². The van der Waals surface area contributed by atoms with Gasteiger partial charge in [-0.2, -0.15) is 0 Å². The highest BCUT2D eigenvalue weighted by molar-refractivity contribution is 8.01. The summed E-state index contributed by atoms with van der Waals surface area (Å²) in [4.78, 5) is 26.1. The summed E-state index contributed by atoms with van der Waals surface area (Å²) in [5.41, 5.74) is 0.467. The number of carbonyl (C=O) groups is 2. The molecular weight excluding hydrogens is 389 g/mol. The predicted octanol–water partition coefficient (Wildman–Crippen LogP) is 3.67. The van der Waals surface area contributed by atoms with Gasteiger partial charge in [-0.3, -0.25) is 10.1 Å². The van der Waals surface area contributed by atoms with Crippen molar-refractivity contribution in [3.8, 4) is 0 Å². The number of aromatic nitrogens is 2. The first-order valence-corrected chi connectivity index (χ1v) is 10.4. The topological polar surface area (TPSA) is 87.2 Å². The fourth-order valence-electron chi connectivity index (χ4n) is 2.58. The molecule has 1 aliphatic heterocycles. The molecule has 1 saturated heterocycles. The minimum absolute atomic E-state index is 0.102. The van der Waals surface area contributed by atoms with Crippen LogP contribution < -0.4 is 10.6 Å². The van der Waals surface area contributed by atoms with E-state index in [2.05, 4.69) is 27.8 Å². The van der Waals surface area contributed by atoms with E-state index >= 15 is 0 Å². The Bertz CT molecular complexity index is 791. The maximum Gasteiger partial charge on any atom is 0.325 e. The van der Waals surface area contributed by atoms with Crippen LogP contribution in [-0.4, -0.2) is 45.9 Å². The lowest BCUT2D eigenvalue weighted by atomic mass is 9.99. The highest BCUT2D eigenvalue weighted by Crippen LogP contribution is 2.26. The van der Waals surface area contributed by atoms with E-state index < -0.39 is 6.03 Å². The molecule has 27 heavy (non-hydrogen) atoms. The molecule has 1 fully saturated rings. The number of piperidine rings is 1. The molecular formula is C17H20FN5O2S2. The molecule has 0 unspecified atom stereocenters. The summed E-state index contributed by atoms with van der Waals surface area (Å²) in [6.07, 6.45) is 2.10. The first kappa shape index (κ1) is 19.6. The van der Waals surface area contributed by atoms with E-state index in [4.69, 9.17) is 0 Å². The molecule has 10 heteroatoms. The number of urea groups is 1. The number of likely N-dealkylation sites (tertiary alicyclic amines) is 1. The summed E-state index contributed by atoms with van der Waals surface area (Å²) in [6.45, 7) is 3.83. The van der Waals surface area contributed by atoms with Crippen molar-refractivity contribution in [3.63, 3.8) is 0 Å². The lowest BCUT2D eigenvalue weighted by molar-refractivity contribution is -0.129. The maximum atomic E-state index is 12.9. The average Bonchev–Trinajstić information content (AvgIpc) is 3.09. The lowest BCUT2D eigenvalue weighted by Gasteiger charge is -2.30. The van der Waals surface area contributed by atoms with Crippen molar-refractivity contribution in [2.75, 3.05) is 29.5 Å². The number of halogens is 1. The Morgan fingerprint density at radius 1 is 1.22 bits per heavy atom. The number of hydrogen-bond donors (Lipinski definition) is 2. The van der Waals surface area contributed by atoms with Crippen molar-refractivity contribution < 1.29 is 14.0 Å². The molecule has 2 heterocycles. The van der Waals surface area contributed by atoms with Crippen LogP contribution in [0.15, 0.2) is 28.6 Å². The van der Waals surface area contributed by atoms with Crippen LogP contribution in [-0.2, 0) is 4.79 Å². The van der Waals surface area contributed by atoms with Crippen molar-refractivity contribution in [3.05, 3.63) is 30.1 Å². The Balaban J connectivity index is 1.44. The summed E-state index contributed by atoms with van der Waals surface area (Å²) in [5.74, 6) is 0.718. The summed E-state index contributed by atoms with van der Waals surface area (Å²) in [6, 6.07) is 4.95. The van der Waals surface area contributed by atoms with E-state index in [9.17, 15) is 14.0 Å². The zero-order chi connectivity index (χ0) is 19.2. The number of nitrogens with zero attached hydrogens (tertiary/aromatic N) is 3. The summed E-state index contributed by atoms with van der Waals surface area (Å²) < 4.78 is 13.5. The lowest BCUT2D eigenvalue weighted by Crippen LogP contribution is -2.38. The van der Waals surface area contributed by atoms with Gasteiger partial charge in [-0.15, -0.1) is 10.2 Å². The second-order valence-electron chi connectivity index (χ2n) is 6.31. The van der Waals surface area contributed by atoms with E-state index in [-0.39, 0.29) is 11.7 Å². The largest absolute Gasteiger partial charge is 0.342 e. The first-order valence-electron chi connectivity index (χ1n) is 8.57. The minimum Gasteiger partial charge on any atom is -0.342 e. The van der Waals surface area contributed by atoms with Gasteiger partial charge in [0.25, 0.3) is 0 Å². The average molecular weight is 410 g/mol. The van der Waals surface area contributed by atoms with Crippen LogP contribution in [0.3, 0.4) is 0 Å². The normalized spacial score (nSPS) is 14.8. The van der Waals surface area contributed by atoms with Crippen molar-refractivity contribution in [1.82, 2.24) is 15.1 Å². The highest BCUT2D eigenvalue weighted by Gasteiger charge is 2.20. The van der Waals surface area contributed by atoms with Crippen LogP contribution >= 0.6 is 23.1 Å². The zero-order valence-corrected chi connectivity index (χ0v) is 16.4. The molecule has 0 atom stereocenters. The molecule has 0 saturated carbocycles. The van der Waals surface area contributed by atoms with E-state index in [1.54, 1.807) is 0 Å². The Morgan fingerprint density at radius 3 is 2.63 bits per heavy atom. The number of rotatable bonds is 5. The van der Waals surface area contributed by atoms with Crippen LogP contribution in [0.1, 0.15) is 19.8 Å². The molecule has 0 bridgehead atoms. The van der Waals surface area contributed by atoms with E-state index in [1.807, 2.05) is 4.90 Å². The maximum absolute atomic E-state index is 12.9. The Kier molecular flexibility index (Phi) is 6.62. The monoisotopic (exact) mass is 409 g/mol. The van der Waals surface area contributed by atoms with E-state index in [1.165, 1.54) is 47.4 Å². The smallest absolute Gasteiger partial charge is 0.325 e. The van der Waals surface area contributed by atoms with Gasteiger partial charge in [0.2, 0.25) is 11.0 Å². The third-order valence-electron chi connectivity index (χ3n) is 4.18. The van der Waals surface area contributed by atoms with Gasteiger partial charge < -0.3 is 10.2 Å². The van der Waals surface area contributed by atoms with Crippen molar-refractivity contribution in [1.29, 1.82) is 0 Å². The third kappa shape index (κ3) is 5.90. The number of anilines is 2. The van der Waals surface area contributed by atoms with Crippen molar-refractivity contribution in [2.45, 2.75) is 24.1 Å². The summed E-state index contributed by atoms with van der Waals surface area (Å²) in [7, 11) is 0. The minimum atomic E-state index is -0.493. The second kappa shape index (κ2) is 9.14. The number of benzene rings is 1. The second-order valence-corrected chi connectivity index (χ2v) is 8.51. The number of nitrogens with one attached hydrogen (secondary N) is 2. The third-order valence-corrected chi connectivity index (χ3v) is 6.14. The Morgan fingerprint density at radius 2 is 1.93 bits per heavy atom. The van der Waals surface area contributed by atoms with Gasteiger partial charge in [0.1, 0.15) is 5.82 Å². The van der Waals surface area contributed by atoms with Crippen molar-refractivity contribution >= 4 is 45.9 Å². The van der Waals surface area contributed by atoms with E-state index in [0.717, 1.165) is 25.9 Å². The molecule has 2 aromatic rings. The molecule has 3 rings (SSSR count). The van der Waals surface area contributed by atoms with Gasteiger partial charge in [0.15, 0.2) is 4.34 Å². The van der Waals surface area contributed by atoms with Gasteiger partial charge in [-0.1, -0.05) is 30.0 Å². The number of thioether (sulfide) groups is 1. The van der Waals surface area contributed by atoms with E-state index in [0.29, 0.717) is 26.8 Å². The number of amides is 3. The fourth-order valence-corrected chi connectivity index (χ4v) is 4.23. The highest BCUT2D eigenvalue weighted by atomic mass is 32.2. The fraction of sp³-hybridized carbons (Fsp3) is 0.412. The van der Waals surface area contributed by atoms with Crippen LogP contribution in [0.2, 0.25) is 0 Å². The molecule has 1 aromatic heterocycles. The van der Waals surface area contributed by atoms with Gasteiger partial charge in [-0.05, 0) is 43.0 Å². The molecule has 0 radical (unpaired) electrons. The molecule has 0 spiro atoms. The molecule has 1 aromatic carbocycles.